The van der Waals surface area contributed by atoms with E-state index < -0.39 is 4.92 Å². The van der Waals surface area contributed by atoms with E-state index in [9.17, 15) is 10.1 Å². The molecule has 30 heavy (non-hydrogen) atoms. The third-order valence-corrected chi connectivity index (χ3v) is 4.84. The van der Waals surface area contributed by atoms with E-state index in [0.717, 1.165) is 18.5 Å². The monoisotopic (exact) mass is 407 g/mol. The highest BCUT2D eigenvalue weighted by molar-refractivity contribution is 5.69. The summed E-state index contributed by atoms with van der Waals surface area (Å²) in [5.74, 6) is 0.400. The molecule has 3 rings (SSSR count). The van der Waals surface area contributed by atoms with Gasteiger partial charge in [0.2, 0.25) is 0 Å². The lowest BCUT2D eigenvalue weighted by Gasteiger charge is -2.30. The highest BCUT2D eigenvalue weighted by Crippen LogP contribution is 2.33. The molecule has 156 valence electrons. The fourth-order valence-corrected chi connectivity index (χ4v) is 3.18. The van der Waals surface area contributed by atoms with Crippen LogP contribution in [0.2, 0.25) is 0 Å². The van der Waals surface area contributed by atoms with Crippen molar-refractivity contribution in [3.05, 3.63) is 70.5 Å². The quantitative estimate of drug-likeness (QED) is 0.217. The van der Waals surface area contributed by atoms with Gasteiger partial charge in [0.15, 0.2) is 5.69 Å². The van der Waals surface area contributed by atoms with Gasteiger partial charge >= 0.3 is 0 Å². The van der Waals surface area contributed by atoms with Crippen molar-refractivity contribution in [3.8, 4) is 5.75 Å². The molecule has 0 amide bonds. The highest BCUT2D eigenvalue weighted by Gasteiger charge is 2.18. The number of hydrogen-bond donors (Lipinski definition) is 0. The van der Waals surface area contributed by atoms with E-state index in [-0.39, 0.29) is 17.4 Å². The van der Waals surface area contributed by atoms with Gasteiger partial charge in [-0.3, -0.25) is 15.1 Å². The van der Waals surface area contributed by atoms with Crippen LogP contribution >= 0.6 is 0 Å². The van der Waals surface area contributed by atoms with Gasteiger partial charge in [0.1, 0.15) is 5.75 Å². The lowest BCUT2D eigenvalue weighted by atomic mass is 10.0. The first-order valence-corrected chi connectivity index (χ1v) is 9.92. The fourth-order valence-electron chi connectivity index (χ4n) is 3.18. The maximum atomic E-state index is 11.3. The van der Waals surface area contributed by atoms with Gasteiger partial charge in [0.05, 0.1) is 29.8 Å². The van der Waals surface area contributed by atoms with Crippen molar-refractivity contribution in [3.63, 3.8) is 0 Å². The fraction of sp³-hybridized carbons (Fsp3) is 0.318. The van der Waals surface area contributed by atoms with Crippen LogP contribution in [-0.4, -0.2) is 29.7 Å². The third kappa shape index (κ3) is 5.28. The van der Waals surface area contributed by atoms with Crippen LogP contribution < -0.4 is 4.74 Å². The zero-order valence-electron chi connectivity index (χ0n) is 17.1. The summed E-state index contributed by atoms with van der Waals surface area (Å²) in [5, 5.41) is 19.5. The Morgan fingerprint density at radius 1 is 1.17 bits per heavy atom. The molecule has 0 bridgehead atoms. The van der Waals surface area contributed by atoms with E-state index in [4.69, 9.17) is 4.74 Å². The van der Waals surface area contributed by atoms with Gasteiger partial charge in [-0.25, -0.2) is 0 Å². The lowest BCUT2D eigenvalue weighted by molar-refractivity contribution is -0.384. The Bertz CT molecular complexity index is 954. The summed E-state index contributed by atoms with van der Waals surface area (Å²) in [6, 6.07) is 12.2. The number of benzene rings is 2. The van der Waals surface area contributed by atoms with Crippen molar-refractivity contribution in [2.24, 2.45) is 15.2 Å². The van der Waals surface area contributed by atoms with Crippen LogP contribution in [0.4, 0.5) is 17.1 Å². The Balaban J connectivity index is 1.74. The second-order valence-electron chi connectivity index (χ2n) is 6.89. The number of aliphatic imine (C=N–C) groups is 1. The maximum absolute atomic E-state index is 11.3. The molecule has 0 N–H and O–H groups in total. The first-order chi connectivity index (χ1) is 14.6. The molecule has 0 radical (unpaired) electrons. The van der Waals surface area contributed by atoms with Crippen molar-refractivity contribution in [2.45, 2.75) is 32.2 Å². The van der Waals surface area contributed by atoms with Gasteiger partial charge in [0, 0.05) is 25.2 Å². The molecule has 0 aliphatic carbocycles. The minimum absolute atomic E-state index is 0.0838. The number of hydrogen-bond acceptors (Lipinski definition) is 7. The predicted molar refractivity (Wildman–Crippen MR) is 117 cm³/mol. The Morgan fingerprint density at radius 2 is 1.97 bits per heavy atom. The summed E-state index contributed by atoms with van der Waals surface area (Å²) in [5.41, 5.74) is 1.75. The number of methoxy groups -OCH3 is 1. The average Bonchev–Trinajstić information content (AvgIpc) is 2.78. The Labute approximate surface area is 175 Å². The van der Waals surface area contributed by atoms with Gasteiger partial charge in [0.25, 0.3) is 5.69 Å². The molecule has 1 heterocycles. The van der Waals surface area contributed by atoms with Gasteiger partial charge in [-0.15, -0.1) is 5.11 Å². The molecule has 1 aliphatic rings. The number of nitro groups is 1. The Kier molecular flexibility index (Phi) is 7.26. The van der Waals surface area contributed by atoms with Crippen molar-refractivity contribution >= 4 is 23.3 Å². The molecule has 1 unspecified atom stereocenters. The molecule has 1 atom stereocenters. The van der Waals surface area contributed by atoms with Crippen LogP contribution in [0.15, 0.2) is 70.1 Å². The maximum Gasteiger partial charge on any atom is 0.300 e. The summed E-state index contributed by atoms with van der Waals surface area (Å²) in [4.78, 5) is 17.3. The summed E-state index contributed by atoms with van der Waals surface area (Å²) >= 11 is 0. The zero-order valence-corrected chi connectivity index (χ0v) is 17.1. The summed E-state index contributed by atoms with van der Waals surface area (Å²) in [6.07, 6.45) is 9.29. The number of nitrogens with zero attached hydrogens (tertiary/aromatic N) is 5. The second-order valence-corrected chi connectivity index (χ2v) is 6.89. The van der Waals surface area contributed by atoms with E-state index in [1.54, 1.807) is 6.07 Å². The minimum atomic E-state index is -0.497. The van der Waals surface area contributed by atoms with Crippen molar-refractivity contribution < 1.29 is 9.66 Å². The standard InChI is InChI=1S/C22H25N5O3/c1-3-4-5-13-26-14-12-23-16-22(26)17-6-8-18(9-7-17)24-25-20-11-10-19(30-2)15-21(20)27(28)29/h6-12,14-16,22H,3-5,13H2,1-2H3. The lowest BCUT2D eigenvalue weighted by Crippen LogP contribution is -2.27. The molecule has 0 fully saturated rings. The molecule has 0 aromatic heterocycles. The van der Waals surface area contributed by atoms with Gasteiger partial charge in [-0.2, -0.15) is 5.11 Å². The van der Waals surface area contributed by atoms with E-state index in [0.29, 0.717) is 11.4 Å². The van der Waals surface area contributed by atoms with Crippen LogP contribution in [0.1, 0.15) is 37.8 Å². The zero-order chi connectivity index (χ0) is 21.3. The van der Waals surface area contributed by atoms with Crippen LogP contribution in [0.5, 0.6) is 5.75 Å². The first kappa shape index (κ1) is 21.2. The van der Waals surface area contributed by atoms with Crippen molar-refractivity contribution in [1.82, 2.24) is 4.90 Å². The highest BCUT2D eigenvalue weighted by atomic mass is 16.6. The Hall–Kier alpha value is -3.55. The smallest absolute Gasteiger partial charge is 0.300 e. The van der Waals surface area contributed by atoms with E-state index in [1.165, 1.54) is 32.1 Å². The van der Waals surface area contributed by atoms with Crippen LogP contribution in [0.3, 0.4) is 0 Å². The van der Waals surface area contributed by atoms with E-state index >= 15 is 0 Å². The minimum Gasteiger partial charge on any atom is -0.496 e. The predicted octanol–water partition coefficient (Wildman–Crippen LogP) is 6.11. The van der Waals surface area contributed by atoms with Crippen LogP contribution in [0.25, 0.3) is 0 Å². The van der Waals surface area contributed by atoms with E-state index in [2.05, 4.69) is 27.0 Å². The van der Waals surface area contributed by atoms with Crippen molar-refractivity contribution in [1.29, 1.82) is 0 Å². The number of rotatable bonds is 9. The molecule has 0 spiro atoms. The van der Waals surface area contributed by atoms with Crippen LogP contribution in [0, 0.1) is 10.1 Å². The van der Waals surface area contributed by atoms with Crippen molar-refractivity contribution in [2.75, 3.05) is 13.7 Å². The van der Waals surface area contributed by atoms with Gasteiger partial charge < -0.3 is 9.64 Å². The third-order valence-electron chi connectivity index (χ3n) is 4.84. The molecule has 1 aliphatic heterocycles. The first-order valence-electron chi connectivity index (χ1n) is 9.92. The largest absolute Gasteiger partial charge is 0.496 e. The van der Waals surface area contributed by atoms with Crippen LogP contribution in [-0.2, 0) is 0 Å². The average molecular weight is 407 g/mol. The molecule has 2 aromatic carbocycles. The molecule has 8 heteroatoms. The second kappa shape index (κ2) is 10.3. The molecular formula is C22H25N5O3. The SMILES string of the molecule is CCCCCN1C=CN=CC1c1ccc(N=Nc2ccc(OC)cc2[N+](=O)[O-])cc1. The van der Waals surface area contributed by atoms with E-state index in [1.807, 2.05) is 42.9 Å². The van der Waals surface area contributed by atoms with Gasteiger partial charge in [-0.1, -0.05) is 31.9 Å². The number of ether oxygens (including phenoxy) is 1. The molecule has 0 saturated carbocycles. The molecular weight excluding hydrogens is 382 g/mol. The normalized spacial score (nSPS) is 15.7. The van der Waals surface area contributed by atoms with Gasteiger partial charge in [-0.05, 0) is 36.2 Å². The Morgan fingerprint density at radius 3 is 2.67 bits per heavy atom. The summed E-state index contributed by atoms with van der Waals surface area (Å²) < 4.78 is 5.04. The molecule has 2 aromatic rings. The molecule has 8 nitrogen and oxygen atoms in total. The number of unbranched alkanes of at least 4 members (excludes halogenated alkanes) is 2. The summed E-state index contributed by atoms with van der Waals surface area (Å²) in [6.45, 7) is 3.17. The summed E-state index contributed by atoms with van der Waals surface area (Å²) in [7, 11) is 1.46. The molecule has 0 saturated heterocycles. The number of azo groups is 1. The topological polar surface area (TPSA) is 92.7 Å². The number of nitro benzene ring substituents is 1.